The summed E-state index contributed by atoms with van der Waals surface area (Å²) in [6.45, 7) is 2.00. The predicted octanol–water partition coefficient (Wildman–Crippen LogP) is 0.356. The van der Waals surface area contributed by atoms with Crippen molar-refractivity contribution in [3.05, 3.63) is 11.1 Å². The second-order valence-electron chi connectivity index (χ2n) is 3.49. The third kappa shape index (κ3) is 3.67. The molecule has 1 aliphatic rings. The molecule has 0 amide bonds. The minimum Gasteiger partial charge on any atom is -0.463 e. The van der Waals surface area contributed by atoms with Crippen LogP contribution in [0.25, 0.3) is 0 Å². The SMILES string of the molecule is COCCOC(=O)CCC1=C(C)C(=O)OC1=O. The number of esters is 3. The average molecular weight is 242 g/mol. The van der Waals surface area contributed by atoms with Gasteiger partial charge in [0, 0.05) is 24.7 Å². The summed E-state index contributed by atoms with van der Waals surface area (Å²) in [5.74, 6) is -1.75. The molecule has 6 heteroatoms. The van der Waals surface area contributed by atoms with E-state index in [-0.39, 0.29) is 30.6 Å². The van der Waals surface area contributed by atoms with Gasteiger partial charge < -0.3 is 14.2 Å². The zero-order chi connectivity index (χ0) is 12.8. The van der Waals surface area contributed by atoms with Crippen LogP contribution in [-0.4, -0.2) is 38.2 Å². The molecule has 94 valence electrons. The summed E-state index contributed by atoms with van der Waals surface area (Å²) in [4.78, 5) is 33.4. The number of methoxy groups -OCH3 is 1. The van der Waals surface area contributed by atoms with Crippen LogP contribution in [0, 0.1) is 0 Å². The van der Waals surface area contributed by atoms with Gasteiger partial charge in [-0.3, -0.25) is 4.79 Å². The summed E-state index contributed by atoms with van der Waals surface area (Å²) >= 11 is 0. The van der Waals surface area contributed by atoms with E-state index in [1.54, 1.807) is 0 Å². The number of hydrogen-bond acceptors (Lipinski definition) is 6. The van der Waals surface area contributed by atoms with Crippen molar-refractivity contribution in [2.75, 3.05) is 20.3 Å². The maximum atomic E-state index is 11.2. The molecule has 0 unspecified atom stereocenters. The van der Waals surface area contributed by atoms with Gasteiger partial charge in [-0.1, -0.05) is 0 Å². The molecule has 0 spiro atoms. The smallest absolute Gasteiger partial charge is 0.342 e. The Balaban J connectivity index is 2.38. The van der Waals surface area contributed by atoms with Gasteiger partial charge in [-0.15, -0.1) is 0 Å². The molecular weight excluding hydrogens is 228 g/mol. The number of ether oxygens (including phenoxy) is 3. The molecule has 0 radical (unpaired) electrons. The Morgan fingerprint density at radius 2 is 1.94 bits per heavy atom. The van der Waals surface area contributed by atoms with E-state index in [0.717, 1.165) is 0 Å². The number of rotatable bonds is 6. The average Bonchev–Trinajstić information content (AvgIpc) is 2.51. The summed E-state index contributed by atoms with van der Waals surface area (Å²) in [5.41, 5.74) is 0.512. The van der Waals surface area contributed by atoms with E-state index in [1.807, 2.05) is 0 Å². The Hall–Kier alpha value is -1.69. The molecule has 1 aliphatic heterocycles. The number of hydrogen-bond donors (Lipinski definition) is 0. The fourth-order valence-corrected chi connectivity index (χ4v) is 1.33. The zero-order valence-corrected chi connectivity index (χ0v) is 9.78. The highest BCUT2D eigenvalue weighted by molar-refractivity contribution is 6.12. The second kappa shape index (κ2) is 6.15. The molecule has 0 saturated heterocycles. The number of carbonyl (C=O) groups excluding carboxylic acids is 3. The topological polar surface area (TPSA) is 78.9 Å². The van der Waals surface area contributed by atoms with Crippen molar-refractivity contribution in [3.63, 3.8) is 0 Å². The summed E-state index contributed by atoms with van der Waals surface area (Å²) in [7, 11) is 1.50. The van der Waals surface area contributed by atoms with Gasteiger partial charge in [-0.05, 0) is 13.3 Å². The zero-order valence-electron chi connectivity index (χ0n) is 9.78. The third-order valence-corrected chi connectivity index (χ3v) is 2.32. The largest absolute Gasteiger partial charge is 0.463 e. The van der Waals surface area contributed by atoms with Crippen molar-refractivity contribution in [2.45, 2.75) is 19.8 Å². The minimum absolute atomic E-state index is 0.0404. The Morgan fingerprint density at radius 1 is 1.24 bits per heavy atom. The molecule has 6 nitrogen and oxygen atoms in total. The Labute approximate surface area is 98.5 Å². The summed E-state index contributed by atoms with van der Waals surface area (Å²) in [6, 6.07) is 0. The number of cyclic esters (lactones) is 2. The van der Waals surface area contributed by atoms with Gasteiger partial charge >= 0.3 is 17.9 Å². The first-order valence-electron chi connectivity index (χ1n) is 5.17. The maximum Gasteiger partial charge on any atom is 0.342 e. The monoisotopic (exact) mass is 242 g/mol. The molecular formula is C11H14O6. The van der Waals surface area contributed by atoms with Crippen LogP contribution >= 0.6 is 0 Å². The van der Waals surface area contributed by atoms with Gasteiger partial charge in [0.25, 0.3) is 0 Å². The van der Waals surface area contributed by atoms with E-state index in [0.29, 0.717) is 6.61 Å². The Morgan fingerprint density at radius 3 is 2.47 bits per heavy atom. The van der Waals surface area contributed by atoms with Crippen LogP contribution in [0.5, 0.6) is 0 Å². The van der Waals surface area contributed by atoms with E-state index < -0.39 is 17.9 Å². The highest BCUT2D eigenvalue weighted by atomic mass is 16.6. The first-order chi connectivity index (χ1) is 8.06. The molecule has 0 aromatic rings. The van der Waals surface area contributed by atoms with Gasteiger partial charge in [-0.25, -0.2) is 9.59 Å². The summed E-state index contributed by atoms with van der Waals surface area (Å²) in [5, 5.41) is 0. The molecule has 17 heavy (non-hydrogen) atoms. The van der Waals surface area contributed by atoms with Crippen LogP contribution in [0.2, 0.25) is 0 Å². The van der Waals surface area contributed by atoms with Crippen LogP contribution in [0.3, 0.4) is 0 Å². The van der Waals surface area contributed by atoms with E-state index in [1.165, 1.54) is 14.0 Å². The van der Waals surface area contributed by atoms with Crippen molar-refractivity contribution in [1.82, 2.24) is 0 Å². The van der Waals surface area contributed by atoms with Crippen LogP contribution in [-0.2, 0) is 28.6 Å². The normalized spacial score (nSPS) is 15.2. The standard InChI is InChI=1S/C11H14O6/c1-7-8(11(14)17-10(7)13)3-4-9(12)16-6-5-15-2/h3-6H2,1-2H3. The Kier molecular flexibility index (Phi) is 4.84. The van der Waals surface area contributed by atoms with Crippen molar-refractivity contribution < 1.29 is 28.6 Å². The van der Waals surface area contributed by atoms with Crippen molar-refractivity contribution >= 4 is 17.9 Å². The molecule has 0 N–H and O–H groups in total. The molecule has 0 aliphatic carbocycles. The predicted molar refractivity (Wildman–Crippen MR) is 55.9 cm³/mol. The molecule has 0 aromatic heterocycles. The minimum atomic E-state index is -0.669. The fourth-order valence-electron chi connectivity index (χ4n) is 1.33. The van der Waals surface area contributed by atoms with Crippen LogP contribution in [0.4, 0.5) is 0 Å². The van der Waals surface area contributed by atoms with Crippen LogP contribution in [0.15, 0.2) is 11.1 Å². The van der Waals surface area contributed by atoms with Gasteiger partial charge in [0.2, 0.25) is 0 Å². The van der Waals surface area contributed by atoms with Crippen molar-refractivity contribution in [2.24, 2.45) is 0 Å². The molecule has 0 fully saturated rings. The van der Waals surface area contributed by atoms with E-state index in [4.69, 9.17) is 9.47 Å². The lowest BCUT2D eigenvalue weighted by Gasteiger charge is -2.03. The van der Waals surface area contributed by atoms with Crippen LogP contribution < -0.4 is 0 Å². The third-order valence-electron chi connectivity index (χ3n) is 2.32. The maximum absolute atomic E-state index is 11.2. The van der Waals surface area contributed by atoms with Gasteiger partial charge in [-0.2, -0.15) is 0 Å². The molecule has 0 bridgehead atoms. The second-order valence-corrected chi connectivity index (χ2v) is 3.49. The van der Waals surface area contributed by atoms with Gasteiger partial charge in [0.05, 0.1) is 6.61 Å². The van der Waals surface area contributed by atoms with E-state index in [2.05, 4.69) is 4.74 Å². The van der Waals surface area contributed by atoms with Gasteiger partial charge in [0.15, 0.2) is 0 Å². The molecule has 1 rings (SSSR count). The fraction of sp³-hybridized carbons (Fsp3) is 0.545. The number of carbonyl (C=O) groups is 3. The van der Waals surface area contributed by atoms with Crippen LogP contribution in [0.1, 0.15) is 19.8 Å². The lowest BCUT2D eigenvalue weighted by Crippen LogP contribution is -2.10. The van der Waals surface area contributed by atoms with E-state index >= 15 is 0 Å². The van der Waals surface area contributed by atoms with Crippen molar-refractivity contribution in [3.8, 4) is 0 Å². The van der Waals surface area contributed by atoms with Gasteiger partial charge in [0.1, 0.15) is 6.61 Å². The van der Waals surface area contributed by atoms with Crippen molar-refractivity contribution in [1.29, 1.82) is 0 Å². The van der Waals surface area contributed by atoms with E-state index in [9.17, 15) is 14.4 Å². The molecule has 1 heterocycles. The molecule has 0 atom stereocenters. The summed E-state index contributed by atoms with van der Waals surface area (Å²) < 4.78 is 13.9. The quantitative estimate of drug-likeness (QED) is 0.380. The summed E-state index contributed by atoms with van der Waals surface area (Å²) in [6.07, 6.45) is 0.195. The first kappa shape index (κ1) is 13.4. The highest BCUT2D eigenvalue weighted by Gasteiger charge is 2.29. The lowest BCUT2D eigenvalue weighted by molar-refractivity contribution is -0.151. The molecule has 0 aromatic carbocycles. The highest BCUT2D eigenvalue weighted by Crippen LogP contribution is 2.21. The Bertz CT molecular complexity index is 368. The lowest BCUT2D eigenvalue weighted by atomic mass is 10.1. The molecule has 0 saturated carbocycles. The first-order valence-corrected chi connectivity index (χ1v) is 5.17.